The van der Waals surface area contributed by atoms with Crippen LogP contribution in [-0.2, 0) is 0 Å². The van der Waals surface area contributed by atoms with Crippen molar-refractivity contribution >= 4 is 11.8 Å². The van der Waals surface area contributed by atoms with Gasteiger partial charge in [-0.25, -0.2) is 4.39 Å². The Morgan fingerprint density at radius 1 is 1.21 bits per heavy atom. The van der Waals surface area contributed by atoms with Crippen molar-refractivity contribution in [2.75, 3.05) is 5.32 Å². The Labute approximate surface area is 138 Å². The van der Waals surface area contributed by atoms with Gasteiger partial charge < -0.3 is 15.6 Å². The van der Waals surface area contributed by atoms with Gasteiger partial charge in [0.15, 0.2) is 11.8 Å². The zero-order valence-corrected chi connectivity index (χ0v) is 13.1. The highest BCUT2D eigenvalue weighted by atomic mass is 19.1. The van der Waals surface area contributed by atoms with Gasteiger partial charge in [0.25, 0.3) is 0 Å². The van der Waals surface area contributed by atoms with Crippen molar-refractivity contribution in [1.29, 1.82) is 5.41 Å². The summed E-state index contributed by atoms with van der Waals surface area (Å²) in [5, 5.41) is 13.5. The summed E-state index contributed by atoms with van der Waals surface area (Å²) in [6.45, 7) is 1.90. The number of benzene rings is 2. The molecule has 3 aromatic rings. The Kier molecular flexibility index (Phi) is 4.29. The Bertz CT molecular complexity index is 860. The van der Waals surface area contributed by atoms with E-state index in [9.17, 15) is 4.39 Å². The van der Waals surface area contributed by atoms with Crippen LogP contribution in [0.4, 0.5) is 10.2 Å². The molecule has 0 aliphatic rings. The molecule has 0 aliphatic heterocycles. The van der Waals surface area contributed by atoms with Crippen molar-refractivity contribution in [3.63, 3.8) is 0 Å². The summed E-state index contributed by atoms with van der Waals surface area (Å²) in [4.78, 5) is 0. The number of guanidine groups is 1. The van der Waals surface area contributed by atoms with E-state index in [0.29, 0.717) is 17.1 Å². The molecule has 24 heavy (non-hydrogen) atoms. The van der Waals surface area contributed by atoms with E-state index in [4.69, 9.17) is 15.7 Å². The summed E-state index contributed by atoms with van der Waals surface area (Å²) in [6, 6.07) is 16.2. The monoisotopic (exact) mass is 324 g/mol. The number of nitrogens with two attached hydrogens (primary N) is 1. The standard InChI is InChI=1S/C18H17FN4O/c1-11(16-10-17(23-24-16)22-18(20)21)13-7-8-14(15(19)9-13)12-5-3-2-4-6-12/h2-11H,1H3,(H4,20,21,22,23). The molecule has 6 heteroatoms. The summed E-state index contributed by atoms with van der Waals surface area (Å²) >= 11 is 0. The SMILES string of the molecule is CC(c1ccc(-c2ccccc2)c(F)c1)c1cc(NC(=N)N)no1. The molecule has 0 spiro atoms. The third-order valence-corrected chi connectivity index (χ3v) is 3.80. The number of rotatable bonds is 4. The molecule has 0 saturated heterocycles. The van der Waals surface area contributed by atoms with Crippen molar-refractivity contribution in [3.8, 4) is 11.1 Å². The van der Waals surface area contributed by atoms with Crippen LogP contribution in [0.5, 0.6) is 0 Å². The van der Waals surface area contributed by atoms with Crippen molar-refractivity contribution in [1.82, 2.24) is 5.16 Å². The maximum Gasteiger partial charge on any atom is 0.191 e. The van der Waals surface area contributed by atoms with Crippen LogP contribution in [0.3, 0.4) is 0 Å². The van der Waals surface area contributed by atoms with Gasteiger partial charge in [-0.1, -0.05) is 54.5 Å². The van der Waals surface area contributed by atoms with Crippen LogP contribution >= 0.6 is 0 Å². The molecule has 122 valence electrons. The lowest BCUT2D eigenvalue weighted by molar-refractivity contribution is 0.378. The second-order valence-electron chi connectivity index (χ2n) is 5.48. The first kappa shape index (κ1) is 15.7. The first-order valence-corrected chi connectivity index (χ1v) is 7.47. The smallest absolute Gasteiger partial charge is 0.191 e. The molecular formula is C18H17FN4O. The second kappa shape index (κ2) is 6.54. The molecule has 0 saturated carbocycles. The van der Waals surface area contributed by atoms with Crippen molar-refractivity contribution in [2.45, 2.75) is 12.8 Å². The highest BCUT2D eigenvalue weighted by Crippen LogP contribution is 2.30. The molecule has 0 amide bonds. The average Bonchev–Trinajstić information content (AvgIpc) is 3.02. The number of nitrogens with zero attached hydrogens (tertiary/aromatic N) is 1. The van der Waals surface area contributed by atoms with Crippen LogP contribution in [-0.4, -0.2) is 11.1 Å². The maximum atomic E-state index is 14.5. The average molecular weight is 324 g/mol. The van der Waals surface area contributed by atoms with E-state index in [1.165, 1.54) is 6.07 Å². The molecule has 1 unspecified atom stereocenters. The molecule has 0 fully saturated rings. The van der Waals surface area contributed by atoms with Crippen LogP contribution in [0.15, 0.2) is 59.1 Å². The highest BCUT2D eigenvalue weighted by Gasteiger charge is 2.17. The molecule has 0 bridgehead atoms. The quantitative estimate of drug-likeness (QED) is 0.501. The number of hydrogen-bond donors (Lipinski definition) is 3. The van der Waals surface area contributed by atoms with Crippen LogP contribution in [0, 0.1) is 11.2 Å². The van der Waals surface area contributed by atoms with Gasteiger partial charge in [-0.15, -0.1) is 0 Å². The van der Waals surface area contributed by atoms with Crippen molar-refractivity contribution < 1.29 is 8.91 Å². The fourth-order valence-corrected chi connectivity index (χ4v) is 2.51. The third kappa shape index (κ3) is 3.27. The summed E-state index contributed by atoms with van der Waals surface area (Å²) in [5.41, 5.74) is 7.42. The Balaban J connectivity index is 1.86. The number of aromatic nitrogens is 1. The van der Waals surface area contributed by atoms with Gasteiger partial charge in [0.2, 0.25) is 0 Å². The molecule has 3 rings (SSSR count). The molecule has 1 atom stereocenters. The van der Waals surface area contributed by atoms with Crippen LogP contribution < -0.4 is 11.1 Å². The van der Waals surface area contributed by atoms with Gasteiger partial charge in [0, 0.05) is 17.5 Å². The minimum Gasteiger partial charge on any atom is -0.370 e. The lowest BCUT2D eigenvalue weighted by Crippen LogP contribution is -2.20. The van der Waals surface area contributed by atoms with Gasteiger partial charge in [-0.05, 0) is 17.2 Å². The zero-order chi connectivity index (χ0) is 17.1. The first-order chi connectivity index (χ1) is 11.5. The number of halogens is 1. The topological polar surface area (TPSA) is 87.9 Å². The lowest BCUT2D eigenvalue weighted by Gasteiger charge is -2.10. The van der Waals surface area contributed by atoms with E-state index in [0.717, 1.165) is 11.1 Å². The number of anilines is 1. The van der Waals surface area contributed by atoms with Gasteiger partial charge in [0.05, 0.1) is 0 Å². The van der Waals surface area contributed by atoms with E-state index in [1.54, 1.807) is 12.1 Å². The predicted molar refractivity (Wildman–Crippen MR) is 91.4 cm³/mol. The van der Waals surface area contributed by atoms with Crippen molar-refractivity contribution in [2.24, 2.45) is 5.73 Å². The molecular weight excluding hydrogens is 307 g/mol. The Morgan fingerprint density at radius 2 is 1.96 bits per heavy atom. The highest BCUT2D eigenvalue weighted by molar-refractivity contribution is 5.88. The number of hydrogen-bond acceptors (Lipinski definition) is 3. The molecule has 4 N–H and O–H groups in total. The normalized spacial score (nSPS) is 11.9. The summed E-state index contributed by atoms with van der Waals surface area (Å²) in [5.74, 6) is 0.226. The van der Waals surface area contributed by atoms with Gasteiger partial charge in [-0.3, -0.25) is 5.41 Å². The minimum atomic E-state index is -0.285. The van der Waals surface area contributed by atoms with E-state index in [2.05, 4.69) is 10.5 Å². The summed E-state index contributed by atoms with van der Waals surface area (Å²) < 4.78 is 19.7. The van der Waals surface area contributed by atoms with Gasteiger partial charge >= 0.3 is 0 Å². The second-order valence-corrected chi connectivity index (χ2v) is 5.48. The fraction of sp³-hybridized carbons (Fsp3) is 0.111. The molecule has 5 nitrogen and oxygen atoms in total. The molecule has 1 aromatic heterocycles. The van der Waals surface area contributed by atoms with Crippen LogP contribution in [0.2, 0.25) is 0 Å². The van der Waals surface area contributed by atoms with E-state index < -0.39 is 0 Å². The zero-order valence-electron chi connectivity index (χ0n) is 13.1. The molecule has 0 radical (unpaired) electrons. The largest absolute Gasteiger partial charge is 0.370 e. The third-order valence-electron chi connectivity index (χ3n) is 3.80. The van der Waals surface area contributed by atoms with Crippen LogP contribution in [0.1, 0.15) is 24.2 Å². The molecule has 0 aliphatic carbocycles. The fourth-order valence-electron chi connectivity index (χ4n) is 2.51. The summed E-state index contributed by atoms with van der Waals surface area (Å²) in [6.07, 6.45) is 0. The van der Waals surface area contributed by atoms with Gasteiger partial charge in [-0.2, -0.15) is 0 Å². The summed E-state index contributed by atoms with van der Waals surface area (Å²) in [7, 11) is 0. The lowest BCUT2D eigenvalue weighted by atomic mass is 9.95. The van der Waals surface area contributed by atoms with Crippen molar-refractivity contribution in [3.05, 3.63) is 71.7 Å². The van der Waals surface area contributed by atoms with Gasteiger partial charge in [0.1, 0.15) is 11.6 Å². The maximum absolute atomic E-state index is 14.5. The minimum absolute atomic E-state index is 0.181. The Morgan fingerprint density at radius 3 is 2.62 bits per heavy atom. The van der Waals surface area contributed by atoms with Crippen LogP contribution in [0.25, 0.3) is 11.1 Å². The molecule has 1 heterocycles. The molecule has 2 aromatic carbocycles. The first-order valence-electron chi connectivity index (χ1n) is 7.47. The predicted octanol–water partition coefficient (Wildman–Crippen LogP) is 3.94. The van der Waals surface area contributed by atoms with E-state index in [-0.39, 0.29) is 17.7 Å². The van der Waals surface area contributed by atoms with E-state index in [1.807, 2.05) is 43.3 Å². The number of nitrogens with one attached hydrogen (secondary N) is 2. The Hall–Kier alpha value is -3.15. The van der Waals surface area contributed by atoms with E-state index >= 15 is 0 Å².